The number of nitro groups is 1. The van der Waals surface area contributed by atoms with Crippen molar-refractivity contribution >= 4 is 5.69 Å². The third-order valence-corrected chi connectivity index (χ3v) is 2.15. The fraction of sp³-hybridized carbons (Fsp3) is 0.100. The highest BCUT2D eigenvalue weighted by atomic mass is 16.6. The normalized spacial score (nSPS) is 9.88. The molecule has 0 bridgehead atoms. The highest BCUT2D eigenvalue weighted by Crippen LogP contribution is 2.23. The first-order valence-electron chi connectivity index (χ1n) is 4.69. The molecule has 7 nitrogen and oxygen atoms in total. The minimum atomic E-state index is -0.627. The number of hydrogen-bond acceptors (Lipinski definition) is 5. The molecule has 84 valence electrons. The molecule has 0 aliphatic rings. The van der Waals surface area contributed by atoms with Crippen molar-refractivity contribution in [1.82, 2.24) is 14.8 Å². The summed E-state index contributed by atoms with van der Waals surface area (Å²) in [6.07, 6.45) is 2.91. The van der Waals surface area contributed by atoms with E-state index in [9.17, 15) is 10.1 Å². The number of hydrogen-bond donors (Lipinski definition) is 0. The van der Waals surface area contributed by atoms with Gasteiger partial charge in [-0.3, -0.25) is 10.1 Å². The van der Waals surface area contributed by atoms with Crippen molar-refractivity contribution in [2.24, 2.45) is 0 Å². The van der Waals surface area contributed by atoms with E-state index >= 15 is 0 Å². The van der Waals surface area contributed by atoms with Crippen molar-refractivity contribution in [2.75, 3.05) is 0 Å². The van der Waals surface area contributed by atoms with E-state index in [2.05, 4.69) is 10.1 Å². The van der Waals surface area contributed by atoms with Crippen LogP contribution in [0.2, 0.25) is 0 Å². The van der Waals surface area contributed by atoms with Gasteiger partial charge in [0, 0.05) is 12.4 Å². The van der Waals surface area contributed by atoms with Gasteiger partial charge in [-0.15, -0.1) is 0 Å². The van der Waals surface area contributed by atoms with E-state index in [4.69, 9.17) is 5.26 Å². The van der Waals surface area contributed by atoms with Gasteiger partial charge in [-0.1, -0.05) is 0 Å². The largest absolute Gasteiger partial charge is 0.331 e. The Hall–Kier alpha value is -2.75. The van der Waals surface area contributed by atoms with Crippen molar-refractivity contribution in [3.05, 3.63) is 45.9 Å². The first kappa shape index (κ1) is 10.8. The highest BCUT2D eigenvalue weighted by molar-refractivity contribution is 5.57. The Morgan fingerprint density at radius 3 is 2.82 bits per heavy atom. The number of nitrogens with zero attached hydrogens (tertiary/aromatic N) is 5. The first-order chi connectivity index (χ1) is 8.13. The third kappa shape index (κ3) is 1.83. The molecule has 7 heteroatoms. The second-order valence-corrected chi connectivity index (χ2v) is 3.30. The number of rotatable bonds is 2. The zero-order chi connectivity index (χ0) is 12.4. The maximum Gasteiger partial charge on any atom is 0.331 e. The lowest BCUT2D eigenvalue weighted by atomic mass is 10.2. The maximum absolute atomic E-state index is 11.0. The van der Waals surface area contributed by atoms with E-state index in [1.54, 1.807) is 25.3 Å². The molecule has 0 N–H and O–H groups in total. The van der Waals surface area contributed by atoms with Crippen LogP contribution in [0.25, 0.3) is 5.82 Å². The Kier molecular flexibility index (Phi) is 2.54. The first-order valence-corrected chi connectivity index (χ1v) is 4.69. The topological polar surface area (TPSA) is 97.6 Å². The van der Waals surface area contributed by atoms with Crippen LogP contribution in [0.3, 0.4) is 0 Å². The van der Waals surface area contributed by atoms with Gasteiger partial charge < -0.3 is 0 Å². The van der Waals surface area contributed by atoms with Crippen LogP contribution in [0.1, 0.15) is 11.3 Å². The average molecular weight is 229 g/mol. The van der Waals surface area contributed by atoms with E-state index < -0.39 is 4.92 Å². The van der Waals surface area contributed by atoms with Gasteiger partial charge in [0.05, 0.1) is 10.6 Å². The van der Waals surface area contributed by atoms with Crippen molar-refractivity contribution in [3.8, 4) is 11.9 Å². The van der Waals surface area contributed by atoms with Crippen molar-refractivity contribution < 1.29 is 4.92 Å². The second-order valence-electron chi connectivity index (χ2n) is 3.30. The van der Waals surface area contributed by atoms with Crippen molar-refractivity contribution in [2.45, 2.75) is 6.92 Å². The van der Waals surface area contributed by atoms with Gasteiger partial charge in [0.15, 0.2) is 0 Å². The number of aryl methyl sites for hydroxylation is 1. The van der Waals surface area contributed by atoms with Crippen LogP contribution in [0, 0.1) is 28.4 Å². The molecule has 0 aromatic carbocycles. The average Bonchev–Trinajstić information content (AvgIpc) is 2.74. The highest BCUT2D eigenvalue weighted by Gasteiger charge is 2.22. The Balaban J connectivity index is 2.70. The molecule has 0 saturated heterocycles. The van der Waals surface area contributed by atoms with Crippen LogP contribution in [0.4, 0.5) is 5.69 Å². The van der Waals surface area contributed by atoms with E-state index in [1.807, 2.05) is 0 Å². The van der Waals surface area contributed by atoms with Gasteiger partial charge in [0.2, 0.25) is 5.82 Å². The summed E-state index contributed by atoms with van der Waals surface area (Å²) in [5.41, 5.74) is 0.342. The van der Waals surface area contributed by atoms with Crippen molar-refractivity contribution in [1.29, 1.82) is 5.26 Å². The molecule has 0 unspecified atom stereocenters. The summed E-state index contributed by atoms with van der Waals surface area (Å²) in [5.74, 6) is 0.0437. The predicted octanol–water partition coefficient (Wildman–Crippen LogP) is 1.36. The molecule has 2 heterocycles. The van der Waals surface area contributed by atoms with E-state index in [1.165, 1.54) is 16.9 Å². The van der Waals surface area contributed by atoms with Gasteiger partial charge in [0.1, 0.15) is 11.6 Å². The molecule has 2 rings (SSSR count). The molecule has 0 amide bonds. The Bertz CT molecular complexity index is 626. The Morgan fingerprint density at radius 1 is 1.53 bits per heavy atom. The molecular weight excluding hydrogens is 222 g/mol. The summed E-state index contributed by atoms with van der Waals surface area (Å²) >= 11 is 0. The molecule has 17 heavy (non-hydrogen) atoms. The minimum Gasteiger partial charge on any atom is -0.258 e. The standard InChI is InChI=1S/C10H7N5O2/c1-7-3-5-14(13-7)10-9(15(16)17)8(6-11)2-4-12-10/h2-5H,1H3. The van der Waals surface area contributed by atoms with Gasteiger partial charge >= 0.3 is 5.69 Å². The summed E-state index contributed by atoms with van der Waals surface area (Å²) < 4.78 is 1.29. The molecule has 2 aromatic rings. The monoisotopic (exact) mass is 229 g/mol. The molecule has 0 atom stereocenters. The zero-order valence-corrected chi connectivity index (χ0v) is 8.86. The summed E-state index contributed by atoms with van der Waals surface area (Å²) in [6, 6.07) is 4.77. The maximum atomic E-state index is 11.0. The molecule has 0 aliphatic carbocycles. The van der Waals surface area contributed by atoms with Crippen LogP contribution in [0.5, 0.6) is 0 Å². The molecule has 2 aromatic heterocycles. The molecule has 0 spiro atoms. The number of nitriles is 1. The molecule has 0 aliphatic heterocycles. The lowest BCUT2D eigenvalue weighted by Gasteiger charge is -2.02. The van der Waals surface area contributed by atoms with Crippen LogP contribution in [-0.2, 0) is 0 Å². The molecular formula is C10H7N5O2. The number of pyridine rings is 1. The SMILES string of the molecule is Cc1ccn(-c2nccc(C#N)c2[N+](=O)[O-])n1. The third-order valence-electron chi connectivity index (χ3n) is 2.15. The second kappa shape index (κ2) is 4.02. The minimum absolute atomic E-state index is 0.0341. The smallest absolute Gasteiger partial charge is 0.258 e. The quantitative estimate of drug-likeness (QED) is 0.571. The summed E-state index contributed by atoms with van der Waals surface area (Å²) in [7, 11) is 0. The Morgan fingerprint density at radius 2 is 2.29 bits per heavy atom. The van der Waals surface area contributed by atoms with Gasteiger partial charge in [0.25, 0.3) is 0 Å². The Labute approximate surface area is 96.1 Å². The van der Waals surface area contributed by atoms with Crippen LogP contribution in [0.15, 0.2) is 24.5 Å². The van der Waals surface area contributed by atoms with Crippen LogP contribution < -0.4 is 0 Å². The number of aromatic nitrogens is 3. The van der Waals surface area contributed by atoms with Gasteiger partial charge in [-0.25, -0.2) is 9.67 Å². The van der Waals surface area contributed by atoms with Gasteiger partial charge in [-0.05, 0) is 19.1 Å². The molecule has 0 fully saturated rings. The molecule has 0 saturated carbocycles. The lowest BCUT2D eigenvalue weighted by molar-refractivity contribution is -0.385. The lowest BCUT2D eigenvalue weighted by Crippen LogP contribution is -2.05. The summed E-state index contributed by atoms with van der Waals surface area (Å²) in [5, 5.41) is 23.8. The van der Waals surface area contributed by atoms with E-state index in [0.717, 1.165) is 0 Å². The van der Waals surface area contributed by atoms with Crippen LogP contribution in [-0.4, -0.2) is 19.7 Å². The summed E-state index contributed by atoms with van der Waals surface area (Å²) in [6.45, 7) is 1.76. The van der Waals surface area contributed by atoms with Crippen molar-refractivity contribution in [3.63, 3.8) is 0 Å². The summed E-state index contributed by atoms with van der Waals surface area (Å²) in [4.78, 5) is 14.2. The zero-order valence-electron chi connectivity index (χ0n) is 8.86. The molecule has 0 radical (unpaired) electrons. The fourth-order valence-corrected chi connectivity index (χ4v) is 1.41. The van der Waals surface area contributed by atoms with E-state index in [0.29, 0.717) is 5.69 Å². The predicted molar refractivity (Wildman–Crippen MR) is 57.5 cm³/mol. The fourth-order valence-electron chi connectivity index (χ4n) is 1.41. The van der Waals surface area contributed by atoms with Crippen LogP contribution >= 0.6 is 0 Å². The van der Waals surface area contributed by atoms with E-state index in [-0.39, 0.29) is 17.1 Å². The van der Waals surface area contributed by atoms with Gasteiger partial charge in [-0.2, -0.15) is 10.4 Å².